The summed E-state index contributed by atoms with van der Waals surface area (Å²) in [5.41, 5.74) is 5.85. The Morgan fingerprint density at radius 2 is 1.63 bits per heavy atom. The van der Waals surface area contributed by atoms with Crippen LogP contribution in [0.4, 0.5) is 0 Å². The molecular weight excluding hydrogens is 387 g/mol. The monoisotopic (exact) mass is 420 g/mol. The van der Waals surface area contributed by atoms with E-state index in [1.54, 1.807) is 0 Å². The Labute approximate surface area is 183 Å². The van der Waals surface area contributed by atoms with Crippen molar-refractivity contribution in [2.45, 2.75) is 59.7 Å². The topological polar surface area (TPSA) is 29.5 Å². The first-order chi connectivity index (χ1) is 14.1. The van der Waals surface area contributed by atoms with Crippen molar-refractivity contribution in [2.24, 2.45) is 0 Å². The molecule has 0 aliphatic heterocycles. The second-order valence-corrected chi connectivity index (χ2v) is 10.4. The molecule has 158 valence electrons. The lowest BCUT2D eigenvalue weighted by Crippen LogP contribution is -2.19. The number of aliphatic hydroxyl groups excluding tert-OH is 1. The zero-order chi connectivity index (χ0) is 21.9. The molecule has 0 spiro atoms. The molecule has 2 nitrogen and oxygen atoms in total. The Bertz CT molecular complexity index is 1000. The summed E-state index contributed by atoms with van der Waals surface area (Å²) in [6, 6.07) is 21.2. The van der Waals surface area contributed by atoms with Crippen molar-refractivity contribution in [3.05, 3.63) is 88.5 Å². The van der Waals surface area contributed by atoms with Crippen LogP contribution in [0.1, 0.15) is 61.6 Å². The SMILES string of the molecule is Cc1ccc(Pc2cc(C(C)(C)C)cc(C)c2OCc2ccccc2)c(C(C)O)c1. The lowest BCUT2D eigenvalue weighted by Gasteiger charge is -2.24. The summed E-state index contributed by atoms with van der Waals surface area (Å²) in [6.45, 7) is 13.3. The van der Waals surface area contributed by atoms with Crippen LogP contribution in [0, 0.1) is 13.8 Å². The van der Waals surface area contributed by atoms with Crippen LogP contribution in [0.3, 0.4) is 0 Å². The van der Waals surface area contributed by atoms with E-state index >= 15 is 0 Å². The van der Waals surface area contributed by atoms with Gasteiger partial charge in [0, 0.05) is 5.30 Å². The summed E-state index contributed by atoms with van der Waals surface area (Å²) in [5, 5.41) is 12.7. The van der Waals surface area contributed by atoms with Crippen LogP contribution in [0.2, 0.25) is 0 Å². The first kappa shape index (κ1) is 22.5. The summed E-state index contributed by atoms with van der Waals surface area (Å²) in [6.07, 6.45) is -0.493. The highest BCUT2D eigenvalue weighted by Gasteiger charge is 2.20. The van der Waals surface area contributed by atoms with Crippen LogP contribution in [0.15, 0.2) is 60.7 Å². The van der Waals surface area contributed by atoms with Crippen LogP contribution in [-0.2, 0) is 12.0 Å². The van der Waals surface area contributed by atoms with E-state index in [0.29, 0.717) is 15.2 Å². The highest BCUT2D eigenvalue weighted by molar-refractivity contribution is 7.55. The van der Waals surface area contributed by atoms with Gasteiger partial charge in [-0.25, -0.2) is 0 Å². The summed E-state index contributed by atoms with van der Waals surface area (Å²) >= 11 is 0. The third kappa shape index (κ3) is 5.50. The number of hydrogen-bond donors (Lipinski definition) is 1. The van der Waals surface area contributed by atoms with Crippen molar-refractivity contribution >= 4 is 19.2 Å². The lowest BCUT2D eigenvalue weighted by atomic mass is 9.86. The predicted molar refractivity (Wildman–Crippen MR) is 130 cm³/mol. The average molecular weight is 421 g/mol. The number of hydrogen-bond acceptors (Lipinski definition) is 2. The molecule has 0 saturated carbocycles. The molecule has 0 aromatic heterocycles. The Balaban J connectivity index is 2.03. The Hall–Kier alpha value is -2.15. The Morgan fingerprint density at radius 1 is 0.933 bits per heavy atom. The van der Waals surface area contributed by atoms with Crippen LogP contribution in [0.5, 0.6) is 5.75 Å². The molecule has 0 aliphatic carbocycles. The maximum Gasteiger partial charge on any atom is 0.130 e. The van der Waals surface area contributed by atoms with Gasteiger partial charge in [-0.3, -0.25) is 0 Å². The minimum absolute atomic E-state index is 0.0579. The largest absolute Gasteiger partial charge is 0.488 e. The molecule has 0 aliphatic rings. The normalized spacial score (nSPS) is 13.0. The van der Waals surface area contributed by atoms with Crippen LogP contribution in [-0.4, -0.2) is 5.11 Å². The van der Waals surface area contributed by atoms with E-state index in [0.717, 1.165) is 22.4 Å². The van der Waals surface area contributed by atoms with Gasteiger partial charge >= 0.3 is 0 Å². The number of aliphatic hydroxyl groups is 1. The lowest BCUT2D eigenvalue weighted by molar-refractivity contribution is 0.200. The summed E-state index contributed by atoms with van der Waals surface area (Å²) in [5.74, 6) is 0.960. The van der Waals surface area contributed by atoms with E-state index < -0.39 is 6.10 Å². The maximum absolute atomic E-state index is 10.3. The van der Waals surface area contributed by atoms with E-state index in [1.807, 2.05) is 25.1 Å². The second kappa shape index (κ2) is 9.33. The predicted octanol–water partition coefficient (Wildman–Crippen LogP) is 5.86. The second-order valence-electron chi connectivity index (χ2n) is 9.09. The van der Waals surface area contributed by atoms with Gasteiger partial charge in [-0.2, -0.15) is 0 Å². The molecule has 0 bridgehead atoms. The highest BCUT2D eigenvalue weighted by atomic mass is 31.1. The fourth-order valence-corrected chi connectivity index (χ4v) is 5.00. The van der Waals surface area contributed by atoms with Crippen LogP contribution < -0.4 is 15.3 Å². The fourth-order valence-electron chi connectivity index (χ4n) is 3.51. The molecule has 1 N–H and O–H groups in total. The molecule has 2 atom stereocenters. The van der Waals surface area contributed by atoms with Crippen molar-refractivity contribution in [2.75, 3.05) is 0 Å². The van der Waals surface area contributed by atoms with Gasteiger partial charge in [0.05, 0.1) is 6.10 Å². The number of ether oxygens (including phenoxy) is 1. The molecule has 3 rings (SSSR count). The molecule has 0 saturated heterocycles. The summed E-state index contributed by atoms with van der Waals surface area (Å²) in [7, 11) is 0.418. The van der Waals surface area contributed by atoms with Crippen molar-refractivity contribution in [3.8, 4) is 5.75 Å². The summed E-state index contributed by atoms with van der Waals surface area (Å²) < 4.78 is 6.36. The summed E-state index contributed by atoms with van der Waals surface area (Å²) in [4.78, 5) is 0. The molecule has 30 heavy (non-hydrogen) atoms. The smallest absolute Gasteiger partial charge is 0.130 e. The first-order valence-corrected chi connectivity index (χ1v) is 11.5. The van der Waals surface area contributed by atoms with Gasteiger partial charge < -0.3 is 9.84 Å². The van der Waals surface area contributed by atoms with Gasteiger partial charge in [0.1, 0.15) is 12.4 Å². The number of benzene rings is 3. The quantitative estimate of drug-likeness (QED) is 0.506. The zero-order valence-corrected chi connectivity index (χ0v) is 19.9. The minimum atomic E-state index is -0.493. The van der Waals surface area contributed by atoms with Gasteiger partial charge in [-0.05, 0) is 59.8 Å². The molecule has 0 amide bonds. The van der Waals surface area contributed by atoms with Crippen molar-refractivity contribution < 1.29 is 9.84 Å². The van der Waals surface area contributed by atoms with E-state index in [1.165, 1.54) is 21.7 Å². The van der Waals surface area contributed by atoms with Gasteiger partial charge in [0.2, 0.25) is 0 Å². The number of aryl methyl sites for hydroxylation is 2. The highest BCUT2D eigenvalue weighted by Crippen LogP contribution is 2.32. The molecule has 0 radical (unpaired) electrons. The van der Waals surface area contributed by atoms with Gasteiger partial charge in [0.15, 0.2) is 0 Å². The molecular formula is C27H33O2P. The van der Waals surface area contributed by atoms with Crippen molar-refractivity contribution in [1.82, 2.24) is 0 Å². The minimum Gasteiger partial charge on any atom is -0.488 e. The maximum atomic E-state index is 10.3. The van der Waals surface area contributed by atoms with Crippen molar-refractivity contribution in [1.29, 1.82) is 0 Å². The Morgan fingerprint density at radius 3 is 2.27 bits per heavy atom. The van der Waals surface area contributed by atoms with Gasteiger partial charge in [0.25, 0.3) is 0 Å². The van der Waals surface area contributed by atoms with Crippen LogP contribution >= 0.6 is 8.58 Å². The molecule has 2 unspecified atom stereocenters. The van der Waals surface area contributed by atoms with E-state index in [9.17, 15) is 5.11 Å². The van der Waals surface area contributed by atoms with E-state index in [2.05, 4.69) is 77.1 Å². The fraction of sp³-hybridized carbons (Fsp3) is 0.333. The number of rotatable bonds is 6. The standard InChI is InChI=1S/C27H33O2P/c1-18-12-13-24(23(14-18)20(3)28)30-25-16-22(27(4,5)6)15-19(2)26(25)29-17-21-10-8-7-9-11-21/h7-16,20,28,30H,17H2,1-6H3. The van der Waals surface area contributed by atoms with Crippen LogP contribution in [0.25, 0.3) is 0 Å². The molecule has 0 fully saturated rings. The Kier molecular flexibility index (Phi) is 7.01. The van der Waals surface area contributed by atoms with E-state index in [-0.39, 0.29) is 5.41 Å². The zero-order valence-electron chi connectivity index (χ0n) is 18.9. The molecule has 0 heterocycles. The third-order valence-electron chi connectivity index (χ3n) is 5.29. The van der Waals surface area contributed by atoms with Gasteiger partial charge in [-0.15, -0.1) is 0 Å². The average Bonchev–Trinajstić information content (AvgIpc) is 2.68. The molecule has 3 heteroatoms. The van der Waals surface area contributed by atoms with Crippen molar-refractivity contribution in [3.63, 3.8) is 0 Å². The molecule has 3 aromatic rings. The van der Waals surface area contributed by atoms with E-state index in [4.69, 9.17) is 4.74 Å². The third-order valence-corrected chi connectivity index (χ3v) is 6.66. The first-order valence-electron chi connectivity index (χ1n) is 10.5. The molecule has 3 aromatic carbocycles. The van der Waals surface area contributed by atoms with Gasteiger partial charge in [-0.1, -0.05) is 89.5 Å².